The number of nitrogens with one attached hydrogen (secondary N) is 1. The summed E-state index contributed by atoms with van der Waals surface area (Å²) in [6, 6.07) is 1.18. The highest BCUT2D eigenvalue weighted by atomic mass is 16.6. The van der Waals surface area contributed by atoms with Crippen molar-refractivity contribution in [3.05, 3.63) is 33.1 Å². The largest absolute Gasteiger partial charge is 0.386 e. The van der Waals surface area contributed by atoms with Crippen LogP contribution in [0, 0.1) is 0 Å². The lowest BCUT2D eigenvalue weighted by atomic mass is 10.1. The molecular formula is C11H16N2O6. The van der Waals surface area contributed by atoms with E-state index in [2.05, 4.69) is 4.98 Å². The Morgan fingerprint density at radius 1 is 1.47 bits per heavy atom. The van der Waals surface area contributed by atoms with Crippen LogP contribution in [0.25, 0.3) is 0 Å². The number of H-pyrrole nitrogens is 1. The number of nitrogens with zero attached hydrogens (tertiary/aromatic N) is 1. The summed E-state index contributed by atoms with van der Waals surface area (Å²) >= 11 is 0. The van der Waals surface area contributed by atoms with Crippen LogP contribution in [0.15, 0.2) is 21.9 Å². The van der Waals surface area contributed by atoms with Gasteiger partial charge in [0.25, 0.3) is 5.56 Å². The van der Waals surface area contributed by atoms with Crippen LogP contribution in [0.3, 0.4) is 0 Å². The molecule has 1 unspecified atom stereocenters. The monoisotopic (exact) mass is 272 g/mol. The van der Waals surface area contributed by atoms with E-state index in [0.29, 0.717) is 0 Å². The minimum absolute atomic E-state index is 0.226. The molecule has 106 valence electrons. The van der Waals surface area contributed by atoms with Gasteiger partial charge in [0.1, 0.15) is 18.3 Å². The highest BCUT2D eigenvalue weighted by molar-refractivity contribution is 4.93. The molecule has 0 amide bonds. The molecule has 2 N–H and O–H groups in total. The molecule has 0 saturated carbocycles. The Bertz CT molecular complexity index is 538. The third-order valence-electron chi connectivity index (χ3n) is 3.04. The van der Waals surface area contributed by atoms with Crippen molar-refractivity contribution in [1.82, 2.24) is 9.55 Å². The van der Waals surface area contributed by atoms with E-state index in [1.54, 1.807) is 0 Å². The van der Waals surface area contributed by atoms with Crippen molar-refractivity contribution in [2.75, 3.05) is 20.8 Å². The maximum absolute atomic E-state index is 11.7. The Kier molecular flexibility index (Phi) is 4.15. The fourth-order valence-electron chi connectivity index (χ4n) is 2.17. The van der Waals surface area contributed by atoms with Crippen LogP contribution in [-0.2, 0) is 14.2 Å². The quantitative estimate of drug-likeness (QED) is 0.688. The van der Waals surface area contributed by atoms with Gasteiger partial charge in [0.15, 0.2) is 6.23 Å². The molecule has 1 fully saturated rings. The SMILES string of the molecule is COC[C@H]1O[C@@H](n2ccc(=O)[nH]c2=O)C(O)[C@H]1OC. The first kappa shape index (κ1) is 13.9. The minimum Gasteiger partial charge on any atom is -0.386 e. The second-order valence-electron chi connectivity index (χ2n) is 4.23. The lowest BCUT2D eigenvalue weighted by Gasteiger charge is -2.18. The van der Waals surface area contributed by atoms with E-state index in [4.69, 9.17) is 14.2 Å². The van der Waals surface area contributed by atoms with Crippen molar-refractivity contribution in [2.45, 2.75) is 24.5 Å². The normalized spacial score (nSPS) is 30.7. The molecule has 1 aliphatic heterocycles. The van der Waals surface area contributed by atoms with Crippen molar-refractivity contribution in [3.8, 4) is 0 Å². The molecule has 4 atom stereocenters. The number of hydrogen-bond acceptors (Lipinski definition) is 6. The molecule has 1 aliphatic rings. The smallest absolute Gasteiger partial charge is 0.330 e. The van der Waals surface area contributed by atoms with Gasteiger partial charge in [0.05, 0.1) is 6.61 Å². The van der Waals surface area contributed by atoms with Crippen LogP contribution in [0.2, 0.25) is 0 Å². The predicted molar refractivity (Wildman–Crippen MR) is 63.9 cm³/mol. The zero-order valence-corrected chi connectivity index (χ0v) is 10.6. The van der Waals surface area contributed by atoms with E-state index in [9.17, 15) is 14.7 Å². The van der Waals surface area contributed by atoms with E-state index < -0.39 is 35.8 Å². The van der Waals surface area contributed by atoms with Crippen molar-refractivity contribution in [2.24, 2.45) is 0 Å². The number of aromatic nitrogens is 2. The summed E-state index contributed by atoms with van der Waals surface area (Å²) < 4.78 is 16.8. The molecule has 19 heavy (non-hydrogen) atoms. The summed E-state index contributed by atoms with van der Waals surface area (Å²) in [4.78, 5) is 24.8. The van der Waals surface area contributed by atoms with Gasteiger partial charge in [-0.3, -0.25) is 14.3 Å². The molecule has 0 radical (unpaired) electrons. The molecule has 0 bridgehead atoms. The Labute approximate surface area is 108 Å². The Balaban J connectivity index is 2.30. The summed E-state index contributed by atoms with van der Waals surface area (Å²) in [6.07, 6.45) is -1.78. The van der Waals surface area contributed by atoms with Crippen LogP contribution < -0.4 is 11.2 Å². The lowest BCUT2D eigenvalue weighted by Crippen LogP contribution is -2.38. The third-order valence-corrected chi connectivity index (χ3v) is 3.04. The lowest BCUT2D eigenvalue weighted by molar-refractivity contribution is -0.0640. The molecule has 0 aliphatic carbocycles. The molecule has 0 spiro atoms. The summed E-state index contributed by atoms with van der Waals surface area (Å²) in [7, 11) is 2.94. The molecular weight excluding hydrogens is 256 g/mol. The molecule has 1 saturated heterocycles. The van der Waals surface area contributed by atoms with E-state index in [1.807, 2.05) is 0 Å². The van der Waals surface area contributed by atoms with Gasteiger partial charge < -0.3 is 19.3 Å². The second kappa shape index (κ2) is 5.66. The van der Waals surface area contributed by atoms with E-state index >= 15 is 0 Å². The molecule has 2 rings (SSSR count). The summed E-state index contributed by atoms with van der Waals surface area (Å²) in [6.45, 7) is 0.226. The molecule has 0 aromatic carbocycles. The Morgan fingerprint density at radius 2 is 2.21 bits per heavy atom. The van der Waals surface area contributed by atoms with E-state index in [1.165, 1.54) is 26.5 Å². The van der Waals surface area contributed by atoms with Gasteiger partial charge in [0, 0.05) is 26.5 Å². The van der Waals surface area contributed by atoms with Gasteiger partial charge in [-0.15, -0.1) is 0 Å². The third kappa shape index (κ3) is 2.61. The van der Waals surface area contributed by atoms with Gasteiger partial charge in [-0.2, -0.15) is 0 Å². The first-order valence-corrected chi connectivity index (χ1v) is 5.75. The molecule has 2 heterocycles. The van der Waals surface area contributed by atoms with Crippen LogP contribution in [0.4, 0.5) is 0 Å². The van der Waals surface area contributed by atoms with Crippen LogP contribution in [0.5, 0.6) is 0 Å². The van der Waals surface area contributed by atoms with E-state index in [-0.39, 0.29) is 6.61 Å². The number of ether oxygens (including phenoxy) is 3. The van der Waals surface area contributed by atoms with Gasteiger partial charge in [-0.1, -0.05) is 0 Å². The molecule has 8 nitrogen and oxygen atoms in total. The maximum atomic E-state index is 11.7. The number of hydrogen-bond donors (Lipinski definition) is 2. The minimum atomic E-state index is -1.03. The van der Waals surface area contributed by atoms with Crippen molar-refractivity contribution >= 4 is 0 Å². The fourth-order valence-corrected chi connectivity index (χ4v) is 2.17. The van der Waals surface area contributed by atoms with Gasteiger partial charge in [-0.05, 0) is 0 Å². The zero-order chi connectivity index (χ0) is 14.0. The van der Waals surface area contributed by atoms with Crippen molar-refractivity contribution < 1.29 is 19.3 Å². The summed E-state index contributed by atoms with van der Waals surface area (Å²) in [5.74, 6) is 0. The van der Waals surface area contributed by atoms with Crippen molar-refractivity contribution in [1.29, 1.82) is 0 Å². The Morgan fingerprint density at radius 3 is 2.79 bits per heavy atom. The molecule has 1 aromatic heterocycles. The predicted octanol–water partition coefficient (Wildman–Crippen LogP) is -1.54. The number of aliphatic hydroxyl groups excluding tert-OH is 1. The highest BCUT2D eigenvalue weighted by Gasteiger charge is 2.45. The van der Waals surface area contributed by atoms with Crippen LogP contribution in [0.1, 0.15) is 6.23 Å². The average Bonchev–Trinajstić information content (AvgIpc) is 2.66. The fraction of sp³-hybridized carbons (Fsp3) is 0.636. The van der Waals surface area contributed by atoms with Crippen LogP contribution >= 0.6 is 0 Å². The standard InChI is InChI=1S/C11H16N2O6/c1-17-5-6-9(18-2)8(15)10(19-6)13-4-3-7(14)12-11(13)16/h3-4,6,8-10,15H,5H2,1-2H3,(H,12,14,16)/t6-,8?,9+,10-/m1/s1. The zero-order valence-electron chi connectivity index (χ0n) is 10.6. The van der Waals surface area contributed by atoms with Crippen molar-refractivity contribution in [3.63, 3.8) is 0 Å². The van der Waals surface area contributed by atoms with Gasteiger partial charge in [-0.25, -0.2) is 4.79 Å². The first-order valence-electron chi connectivity index (χ1n) is 5.75. The first-order chi connectivity index (χ1) is 9.08. The number of rotatable bonds is 4. The number of methoxy groups -OCH3 is 2. The van der Waals surface area contributed by atoms with Gasteiger partial charge in [0.2, 0.25) is 0 Å². The summed E-state index contributed by atoms with van der Waals surface area (Å²) in [5.41, 5.74) is -1.16. The topological polar surface area (TPSA) is 103 Å². The van der Waals surface area contributed by atoms with Gasteiger partial charge >= 0.3 is 5.69 Å². The van der Waals surface area contributed by atoms with E-state index in [0.717, 1.165) is 4.57 Å². The molecule has 8 heteroatoms. The maximum Gasteiger partial charge on any atom is 0.330 e. The number of aliphatic hydroxyl groups is 1. The van der Waals surface area contributed by atoms with Crippen LogP contribution in [-0.4, -0.2) is 53.8 Å². The molecule has 1 aromatic rings. The number of aromatic amines is 1. The second-order valence-corrected chi connectivity index (χ2v) is 4.23. The average molecular weight is 272 g/mol. The highest BCUT2D eigenvalue weighted by Crippen LogP contribution is 2.29. The summed E-state index contributed by atoms with van der Waals surface area (Å²) in [5, 5.41) is 10.1. The Hall–Kier alpha value is -1.48.